The van der Waals surface area contributed by atoms with Gasteiger partial charge in [0.25, 0.3) is 0 Å². The van der Waals surface area contributed by atoms with Crippen molar-refractivity contribution < 1.29 is 13.2 Å². The minimum Gasteiger partial charge on any atom is -0.290 e. The number of carbonyl (C=O) groups is 1. The van der Waals surface area contributed by atoms with E-state index in [0.717, 1.165) is 21.9 Å². The highest BCUT2D eigenvalue weighted by Gasteiger charge is 2.41. The highest BCUT2D eigenvalue weighted by molar-refractivity contribution is 7.89. The van der Waals surface area contributed by atoms with Crippen LogP contribution in [0.3, 0.4) is 0 Å². The Kier molecular flexibility index (Phi) is 5.28. The molecule has 5 rings (SSSR count). The number of fused-ring (bicyclic) bond motifs is 2. The van der Waals surface area contributed by atoms with Gasteiger partial charge in [-0.25, -0.2) is 13.4 Å². The summed E-state index contributed by atoms with van der Waals surface area (Å²) in [6, 6.07) is 19.6. The molecule has 0 saturated heterocycles. The van der Waals surface area contributed by atoms with E-state index in [9.17, 15) is 13.2 Å². The first-order valence-electron chi connectivity index (χ1n) is 10.2. The van der Waals surface area contributed by atoms with Gasteiger partial charge in [-0.2, -0.15) is 4.31 Å². The summed E-state index contributed by atoms with van der Waals surface area (Å²) in [7, 11) is -2.28. The number of hydrogen-bond acceptors (Lipinski definition) is 5. The second-order valence-electron chi connectivity index (χ2n) is 7.76. The van der Waals surface area contributed by atoms with E-state index in [4.69, 9.17) is 0 Å². The lowest BCUT2D eigenvalue weighted by atomic mass is 9.95. The number of hydrogen-bond donors (Lipinski definition) is 0. The summed E-state index contributed by atoms with van der Waals surface area (Å²) in [6.07, 6.45) is 1.95. The lowest BCUT2D eigenvalue weighted by molar-refractivity contribution is -0.122. The smallest absolute Gasteiger partial charge is 0.247 e. The van der Waals surface area contributed by atoms with Crippen molar-refractivity contribution in [2.75, 3.05) is 11.9 Å². The molecule has 1 atom stereocenters. The van der Waals surface area contributed by atoms with Crippen LogP contribution in [0.4, 0.5) is 5.13 Å². The van der Waals surface area contributed by atoms with E-state index in [2.05, 4.69) is 4.98 Å². The number of amides is 1. The molecule has 1 amide bonds. The van der Waals surface area contributed by atoms with Gasteiger partial charge in [0.05, 0.1) is 4.90 Å². The lowest BCUT2D eigenvalue weighted by Crippen LogP contribution is -2.52. The maximum atomic E-state index is 13.8. The van der Waals surface area contributed by atoms with Crippen LogP contribution in [0.5, 0.6) is 0 Å². The number of likely N-dealkylation sites (N-methyl/N-ethyl adjacent to an activating group) is 1. The molecule has 0 bridgehead atoms. The summed E-state index contributed by atoms with van der Waals surface area (Å²) >= 11 is 1.34. The molecule has 6 nitrogen and oxygen atoms in total. The van der Waals surface area contributed by atoms with Gasteiger partial charge in [-0.1, -0.05) is 54.6 Å². The first-order valence-corrected chi connectivity index (χ1v) is 12.5. The van der Waals surface area contributed by atoms with E-state index in [1.165, 1.54) is 20.5 Å². The number of nitrogens with zero attached hydrogens (tertiary/aromatic N) is 3. The third-order valence-electron chi connectivity index (χ3n) is 5.85. The fourth-order valence-corrected chi connectivity index (χ4v) is 6.33. The minimum atomic E-state index is -3.92. The normalized spacial score (nSPS) is 16.6. The van der Waals surface area contributed by atoms with E-state index in [1.807, 2.05) is 48.5 Å². The molecule has 32 heavy (non-hydrogen) atoms. The van der Waals surface area contributed by atoms with E-state index in [1.54, 1.807) is 36.8 Å². The van der Waals surface area contributed by atoms with Gasteiger partial charge >= 0.3 is 0 Å². The monoisotopic (exact) mass is 463 g/mol. The van der Waals surface area contributed by atoms with E-state index in [-0.39, 0.29) is 17.3 Å². The molecule has 0 aliphatic carbocycles. The summed E-state index contributed by atoms with van der Waals surface area (Å²) in [6.45, 7) is 0.146. The average Bonchev–Trinajstić information content (AvgIpc) is 3.37. The minimum absolute atomic E-state index is 0.146. The van der Waals surface area contributed by atoms with Gasteiger partial charge in [-0.3, -0.25) is 9.69 Å². The van der Waals surface area contributed by atoms with Crippen LogP contribution in [0.15, 0.2) is 83.2 Å². The second kappa shape index (κ2) is 8.12. The Hall–Kier alpha value is -3.07. The predicted molar refractivity (Wildman–Crippen MR) is 126 cm³/mol. The molecule has 1 aliphatic heterocycles. The quantitative estimate of drug-likeness (QED) is 0.457. The Balaban J connectivity index is 1.58. The van der Waals surface area contributed by atoms with Crippen LogP contribution in [0.25, 0.3) is 10.8 Å². The van der Waals surface area contributed by atoms with Crippen LogP contribution >= 0.6 is 11.3 Å². The summed E-state index contributed by atoms with van der Waals surface area (Å²) in [5.41, 5.74) is 1.90. The number of thiazole rings is 1. The van der Waals surface area contributed by atoms with Crippen LogP contribution in [0, 0.1) is 0 Å². The van der Waals surface area contributed by atoms with Crippen molar-refractivity contribution in [3.8, 4) is 0 Å². The first kappa shape index (κ1) is 20.8. The SMILES string of the molecule is CN(C(=O)[C@@H]1Cc2ccccc2CN1S(=O)(=O)c1ccc2ccccc2c1)c1nccs1. The van der Waals surface area contributed by atoms with Crippen molar-refractivity contribution in [3.63, 3.8) is 0 Å². The molecule has 0 unspecified atom stereocenters. The number of benzene rings is 3. The number of rotatable bonds is 4. The van der Waals surface area contributed by atoms with Gasteiger partial charge in [-0.15, -0.1) is 11.3 Å². The summed E-state index contributed by atoms with van der Waals surface area (Å²) < 4.78 is 29.0. The van der Waals surface area contributed by atoms with Crippen LogP contribution in [-0.2, 0) is 27.8 Å². The molecule has 162 valence electrons. The molecular weight excluding hydrogens is 442 g/mol. The van der Waals surface area contributed by atoms with Crippen LogP contribution in [0.2, 0.25) is 0 Å². The van der Waals surface area contributed by atoms with Crippen LogP contribution < -0.4 is 4.90 Å². The fourth-order valence-electron chi connectivity index (χ4n) is 4.12. The Labute approximate surface area is 190 Å². The molecule has 4 aromatic rings. The number of anilines is 1. The summed E-state index contributed by atoms with van der Waals surface area (Å²) in [5.74, 6) is -0.293. The third kappa shape index (κ3) is 3.60. The third-order valence-corrected chi connectivity index (χ3v) is 8.55. The topological polar surface area (TPSA) is 70.6 Å². The van der Waals surface area contributed by atoms with Gasteiger partial charge in [0, 0.05) is 25.2 Å². The Morgan fingerprint density at radius 3 is 2.50 bits per heavy atom. The van der Waals surface area contributed by atoms with Crippen molar-refractivity contribution >= 4 is 43.2 Å². The van der Waals surface area contributed by atoms with Crippen molar-refractivity contribution in [1.82, 2.24) is 9.29 Å². The van der Waals surface area contributed by atoms with E-state index in [0.29, 0.717) is 11.6 Å². The van der Waals surface area contributed by atoms with Crippen LogP contribution in [0.1, 0.15) is 11.1 Å². The molecule has 3 aromatic carbocycles. The molecule has 0 spiro atoms. The van der Waals surface area contributed by atoms with Gasteiger partial charge in [0.1, 0.15) is 6.04 Å². The molecule has 0 N–H and O–H groups in total. The van der Waals surface area contributed by atoms with Crippen LogP contribution in [-0.4, -0.2) is 36.7 Å². The largest absolute Gasteiger partial charge is 0.290 e. The lowest BCUT2D eigenvalue weighted by Gasteiger charge is -2.36. The standard InChI is InChI=1S/C24H21N3O3S2/c1-26(24-25-12-13-31-24)23(28)22-15-19-8-4-5-9-20(19)16-27(22)32(29,30)21-11-10-17-6-2-3-7-18(17)14-21/h2-14,22H,15-16H2,1H3/t22-/m0/s1. The van der Waals surface area contributed by atoms with Gasteiger partial charge in [0.2, 0.25) is 15.9 Å². The van der Waals surface area contributed by atoms with Gasteiger partial charge < -0.3 is 0 Å². The van der Waals surface area contributed by atoms with Gasteiger partial charge in [0.15, 0.2) is 5.13 Å². The van der Waals surface area contributed by atoms with E-state index >= 15 is 0 Å². The zero-order valence-electron chi connectivity index (χ0n) is 17.4. The molecule has 2 heterocycles. The molecule has 1 aliphatic rings. The first-order chi connectivity index (χ1) is 15.4. The molecule has 0 radical (unpaired) electrons. The number of sulfonamides is 1. The summed E-state index contributed by atoms with van der Waals surface area (Å²) in [5, 5.41) is 4.14. The second-order valence-corrected chi connectivity index (χ2v) is 10.5. The highest BCUT2D eigenvalue weighted by Crippen LogP contribution is 2.32. The van der Waals surface area contributed by atoms with E-state index < -0.39 is 16.1 Å². The van der Waals surface area contributed by atoms with Crippen molar-refractivity contribution in [3.05, 3.63) is 89.4 Å². The Bertz CT molecular complexity index is 1400. The Morgan fingerprint density at radius 1 is 1.03 bits per heavy atom. The van der Waals surface area contributed by atoms with Crippen molar-refractivity contribution in [1.29, 1.82) is 0 Å². The number of carbonyl (C=O) groups excluding carboxylic acids is 1. The zero-order chi connectivity index (χ0) is 22.3. The molecule has 0 saturated carbocycles. The van der Waals surface area contributed by atoms with Crippen molar-refractivity contribution in [2.24, 2.45) is 0 Å². The average molecular weight is 464 g/mol. The maximum Gasteiger partial charge on any atom is 0.247 e. The van der Waals surface area contributed by atoms with Crippen molar-refractivity contribution in [2.45, 2.75) is 23.9 Å². The highest BCUT2D eigenvalue weighted by atomic mass is 32.2. The molecule has 1 aromatic heterocycles. The summed E-state index contributed by atoms with van der Waals surface area (Å²) in [4.78, 5) is 19.3. The predicted octanol–water partition coefficient (Wildman–Crippen LogP) is 4.07. The Morgan fingerprint density at radius 2 is 1.75 bits per heavy atom. The zero-order valence-corrected chi connectivity index (χ0v) is 19.0. The molecule has 0 fully saturated rings. The molecular formula is C24H21N3O3S2. The van der Waals surface area contributed by atoms with Gasteiger partial charge in [-0.05, 0) is 40.5 Å². The maximum absolute atomic E-state index is 13.8. The number of aromatic nitrogens is 1. The fraction of sp³-hybridized carbons (Fsp3) is 0.167. The molecule has 8 heteroatoms.